The van der Waals surface area contributed by atoms with Crippen molar-refractivity contribution in [2.75, 3.05) is 12.8 Å². The van der Waals surface area contributed by atoms with E-state index in [1.807, 2.05) is 13.8 Å². The van der Waals surface area contributed by atoms with E-state index in [-0.39, 0.29) is 18.5 Å². The van der Waals surface area contributed by atoms with Crippen molar-refractivity contribution in [1.29, 1.82) is 0 Å². The van der Waals surface area contributed by atoms with Gasteiger partial charge in [-0.1, -0.05) is 0 Å². The zero-order valence-corrected chi connectivity index (χ0v) is 9.82. The van der Waals surface area contributed by atoms with E-state index in [9.17, 15) is 4.79 Å². The molecule has 16 heavy (non-hydrogen) atoms. The van der Waals surface area contributed by atoms with E-state index in [0.717, 1.165) is 5.56 Å². The Morgan fingerprint density at radius 2 is 2.12 bits per heavy atom. The highest BCUT2D eigenvalue weighted by molar-refractivity contribution is 5.74. The van der Waals surface area contributed by atoms with Crippen LogP contribution in [0.5, 0.6) is 5.75 Å². The van der Waals surface area contributed by atoms with Crippen LogP contribution in [0.4, 0.5) is 5.69 Å². The van der Waals surface area contributed by atoms with E-state index >= 15 is 0 Å². The smallest absolute Gasteiger partial charge is 0.310 e. The molecule has 4 heteroatoms. The minimum atomic E-state index is -0.306. The predicted molar refractivity (Wildman–Crippen MR) is 62.3 cm³/mol. The Balaban J connectivity index is 2.93. The molecular weight excluding hydrogens is 206 g/mol. The zero-order valence-electron chi connectivity index (χ0n) is 9.82. The number of nitrogen functional groups attached to an aromatic ring is 1. The van der Waals surface area contributed by atoms with Gasteiger partial charge in [-0.05, 0) is 32.0 Å². The second-order valence-electron chi connectivity index (χ2n) is 3.79. The van der Waals surface area contributed by atoms with E-state index in [4.69, 9.17) is 10.5 Å². The second-order valence-corrected chi connectivity index (χ2v) is 3.79. The van der Waals surface area contributed by atoms with Gasteiger partial charge in [0.2, 0.25) is 0 Å². The monoisotopic (exact) mass is 223 g/mol. The maximum atomic E-state index is 11.2. The lowest BCUT2D eigenvalue weighted by atomic mass is 10.1. The van der Waals surface area contributed by atoms with Crippen LogP contribution in [0.15, 0.2) is 18.2 Å². The molecule has 0 saturated carbocycles. The molecule has 0 heterocycles. The number of carbonyl (C=O) groups is 1. The Morgan fingerprint density at radius 1 is 1.44 bits per heavy atom. The highest BCUT2D eigenvalue weighted by atomic mass is 16.5. The molecule has 0 aliphatic rings. The summed E-state index contributed by atoms with van der Waals surface area (Å²) in [6, 6.07) is 5.25. The van der Waals surface area contributed by atoms with Gasteiger partial charge in [0.25, 0.3) is 0 Å². The summed E-state index contributed by atoms with van der Waals surface area (Å²) >= 11 is 0. The average Bonchev–Trinajstić information content (AvgIpc) is 2.21. The number of methoxy groups -OCH3 is 1. The summed E-state index contributed by atoms with van der Waals surface area (Å²) in [5, 5.41) is 0. The summed E-state index contributed by atoms with van der Waals surface area (Å²) in [6.45, 7) is 3.86. The summed E-state index contributed by atoms with van der Waals surface area (Å²) in [5.41, 5.74) is 7.02. The number of carbonyl (C=O) groups excluding carboxylic acids is 1. The van der Waals surface area contributed by atoms with Crippen LogP contribution < -0.4 is 10.5 Å². The molecule has 88 valence electrons. The molecule has 1 rings (SSSR count). The largest absolute Gasteiger partial charge is 0.491 e. The molecule has 0 spiro atoms. The van der Waals surface area contributed by atoms with Gasteiger partial charge in [0, 0.05) is 11.3 Å². The van der Waals surface area contributed by atoms with E-state index in [1.165, 1.54) is 7.11 Å². The third-order valence-electron chi connectivity index (χ3n) is 2.01. The number of ether oxygens (including phenoxy) is 2. The van der Waals surface area contributed by atoms with Crippen LogP contribution in [0.25, 0.3) is 0 Å². The van der Waals surface area contributed by atoms with Gasteiger partial charge < -0.3 is 15.2 Å². The summed E-state index contributed by atoms with van der Waals surface area (Å²) in [7, 11) is 1.36. The van der Waals surface area contributed by atoms with E-state index < -0.39 is 0 Å². The minimum Gasteiger partial charge on any atom is -0.491 e. The highest BCUT2D eigenvalue weighted by Crippen LogP contribution is 2.23. The van der Waals surface area contributed by atoms with Gasteiger partial charge in [0.05, 0.1) is 19.6 Å². The Bertz CT molecular complexity index is 375. The third kappa shape index (κ3) is 3.46. The second kappa shape index (κ2) is 5.39. The fourth-order valence-corrected chi connectivity index (χ4v) is 1.33. The normalized spacial score (nSPS) is 10.2. The Labute approximate surface area is 95.3 Å². The first-order valence-electron chi connectivity index (χ1n) is 5.14. The summed E-state index contributed by atoms with van der Waals surface area (Å²) in [4.78, 5) is 11.2. The van der Waals surface area contributed by atoms with E-state index in [2.05, 4.69) is 4.74 Å². The quantitative estimate of drug-likeness (QED) is 0.624. The van der Waals surface area contributed by atoms with Gasteiger partial charge >= 0.3 is 5.97 Å². The van der Waals surface area contributed by atoms with Gasteiger partial charge in [-0.25, -0.2) is 0 Å². The van der Waals surface area contributed by atoms with Crippen LogP contribution in [0, 0.1) is 0 Å². The molecule has 0 aliphatic heterocycles. The minimum absolute atomic E-state index is 0.0556. The molecule has 1 aromatic rings. The topological polar surface area (TPSA) is 61.5 Å². The fourth-order valence-electron chi connectivity index (χ4n) is 1.33. The van der Waals surface area contributed by atoms with Crippen LogP contribution in [-0.2, 0) is 16.0 Å². The molecule has 2 N–H and O–H groups in total. The van der Waals surface area contributed by atoms with Crippen molar-refractivity contribution in [2.45, 2.75) is 26.4 Å². The third-order valence-corrected chi connectivity index (χ3v) is 2.01. The molecular formula is C12H17NO3. The molecule has 0 amide bonds. The van der Waals surface area contributed by atoms with Crippen LogP contribution in [0.2, 0.25) is 0 Å². The predicted octanol–water partition coefficient (Wildman–Crippen LogP) is 1.77. The molecule has 0 fully saturated rings. The summed E-state index contributed by atoms with van der Waals surface area (Å²) in [5.74, 6) is 0.369. The molecule has 1 aromatic carbocycles. The number of hydrogen-bond acceptors (Lipinski definition) is 4. The Kier molecular flexibility index (Phi) is 4.17. The maximum Gasteiger partial charge on any atom is 0.310 e. The van der Waals surface area contributed by atoms with Crippen LogP contribution in [0.3, 0.4) is 0 Å². The molecule has 0 aliphatic carbocycles. The maximum absolute atomic E-state index is 11.2. The van der Waals surface area contributed by atoms with Gasteiger partial charge in [-0.2, -0.15) is 0 Å². The van der Waals surface area contributed by atoms with Crippen LogP contribution in [-0.4, -0.2) is 19.2 Å². The van der Waals surface area contributed by atoms with E-state index in [1.54, 1.807) is 18.2 Å². The van der Waals surface area contributed by atoms with E-state index in [0.29, 0.717) is 11.4 Å². The van der Waals surface area contributed by atoms with Gasteiger partial charge in [0.1, 0.15) is 5.75 Å². The highest BCUT2D eigenvalue weighted by Gasteiger charge is 2.10. The molecule has 0 atom stereocenters. The molecule has 0 bridgehead atoms. The number of nitrogens with two attached hydrogens (primary N) is 1. The molecule has 0 aromatic heterocycles. The first-order valence-corrected chi connectivity index (χ1v) is 5.14. The lowest BCUT2D eigenvalue weighted by molar-refractivity contribution is -0.139. The number of anilines is 1. The first kappa shape index (κ1) is 12.4. The first-order chi connectivity index (χ1) is 7.52. The lowest BCUT2D eigenvalue weighted by Crippen LogP contribution is -2.11. The molecule has 4 nitrogen and oxygen atoms in total. The number of esters is 1. The van der Waals surface area contributed by atoms with Crippen molar-refractivity contribution >= 4 is 11.7 Å². The zero-order chi connectivity index (χ0) is 12.1. The van der Waals surface area contributed by atoms with Crippen molar-refractivity contribution < 1.29 is 14.3 Å². The Hall–Kier alpha value is -1.71. The molecule has 0 radical (unpaired) electrons. The van der Waals surface area contributed by atoms with Crippen LogP contribution >= 0.6 is 0 Å². The standard InChI is InChI=1S/C12H17NO3/c1-8(2)16-11-5-4-10(13)6-9(11)7-12(14)15-3/h4-6,8H,7,13H2,1-3H3. The molecule has 0 unspecified atom stereocenters. The van der Waals surface area contributed by atoms with Crippen molar-refractivity contribution in [3.05, 3.63) is 23.8 Å². The van der Waals surface area contributed by atoms with Gasteiger partial charge in [-0.15, -0.1) is 0 Å². The SMILES string of the molecule is COC(=O)Cc1cc(N)ccc1OC(C)C. The summed E-state index contributed by atoms with van der Waals surface area (Å²) < 4.78 is 10.2. The van der Waals surface area contributed by atoms with Crippen molar-refractivity contribution in [2.24, 2.45) is 0 Å². The number of hydrogen-bond donors (Lipinski definition) is 1. The van der Waals surface area contributed by atoms with Gasteiger partial charge in [-0.3, -0.25) is 4.79 Å². The van der Waals surface area contributed by atoms with Gasteiger partial charge in [0.15, 0.2) is 0 Å². The average molecular weight is 223 g/mol. The Morgan fingerprint density at radius 3 is 2.69 bits per heavy atom. The van der Waals surface area contributed by atoms with Crippen molar-refractivity contribution in [3.8, 4) is 5.75 Å². The van der Waals surface area contributed by atoms with Crippen molar-refractivity contribution in [1.82, 2.24) is 0 Å². The van der Waals surface area contributed by atoms with Crippen molar-refractivity contribution in [3.63, 3.8) is 0 Å². The lowest BCUT2D eigenvalue weighted by Gasteiger charge is -2.14. The van der Waals surface area contributed by atoms with Crippen LogP contribution in [0.1, 0.15) is 19.4 Å². The molecule has 0 saturated heterocycles. The summed E-state index contributed by atoms with van der Waals surface area (Å²) in [6.07, 6.45) is 0.226. The number of rotatable bonds is 4. The fraction of sp³-hybridized carbons (Fsp3) is 0.417. The number of benzene rings is 1.